The summed E-state index contributed by atoms with van der Waals surface area (Å²) in [6.07, 6.45) is 5.77. The summed E-state index contributed by atoms with van der Waals surface area (Å²) in [5, 5.41) is 0.768. The standard InChI is InChI=1S/C14H15ClNO/c15-12-3-1-2-10-6-9-4-5-14(7-9,13(16)17)8-11(10)12/h1-3,7,9H,4-6,8H2,(H2,16,17). The number of hydrogen-bond acceptors (Lipinski definition) is 1. The minimum atomic E-state index is -0.457. The molecule has 1 aromatic carbocycles. The van der Waals surface area contributed by atoms with Crippen molar-refractivity contribution in [3.8, 4) is 0 Å². The fraction of sp³-hybridized carbons (Fsp3) is 0.429. The molecular formula is C14H15ClNO. The summed E-state index contributed by atoms with van der Waals surface area (Å²) < 4.78 is 0. The lowest BCUT2D eigenvalue weighted by molar-refractivity contribution is -0.125. The van der Waals surface area contributed by atoms with E-state index in [-0.39, 0.29) is 5.91 Å². The number of primary amides is 1. The molecular weight excluding hydrogens is 234 g/mol. The van der Waals surface area contributed by atoms with Gasteiger partial charge in [0.1, 0.15) is 0 Å². The normalized spacial score (nSPS) is 30.8. The number of benzene rings is 1. The molecule has 3 rings (SSSR count). The van der Waals surface area contributed by atoms with Crippen LogP contribution in [-0.2, 0) is 17.6 Å². The molecule has 2 aliphatic rings. The van der Waals surface area contributed by atoms with Crippen LogP contribution in [0, 0.1) is 17.8 Å². The molecule has 89 valence electrons. The SMILES string of the molecule is NC(=O)C12[CH]C(CC1)Cc1cccc(Cl)c1C2. The second-order valence-corrected chi connectivity index (χ2v) is 5.65. The molecule has 0 spiro atoms. The summed E-state index contributed by atoms with van der Waals surface area (Å²) in [5.41, 5.74) is 7.54. The van der Waals surface area contributed by atoms with Gasteiger partial charge in [-0.3, -0.25) is 4.79 Å². The largest absolute Gasteiger partial charge is 0.369 e. The van der Waals surface area contributed by atoms with E-state index in [1.165, 1.54) is 5.56 Å². The van der Waals surface area contributed by atoms with Crippen LogP contribution in [-0.4, -0.2) is 5.91 Å². The number of halogens is 1. The van der Waals surface area contributed by atoms with Gasteiger partial charge in [0.25, 0.3) is 0 Å². The predicted molar refractivity (Wildman–Crippen MR) is 67.5 cm³/mol. The molecule has 0 aromatic heterocycles. The van der Waals surface area contributed by atoms with Crippen molar-refractivity contribution in [2.75, 3.05) is 0 Å². The van der Waals surface area contributed by atoms with Gasteiger partial charge in [0.2, 0.25) is 5.91 Å². The van der Waals surface area contributed by atoms with Gasteiger partial charge in [-0.15, -0.1) is 0 Å². The molecule has 2 atom stereocenters. The average molecular weight is 249 g/mol. The number of amides is 1. The molecule has 2 aliphatic carbocycles. The Morgan fingerprint density at radius 3 is 3.06 bits per heavy atom. The number of hydrogen-bond donors (Lipinski definition) is 1. The highest BCUT2D eigenvalue weighted by Crippen LogP contribution is 2.48. The molecule has 1 radical (unpaired) electrons. The van der Waals surface area contributed by atoms with E-state index in [1.807, 2.05) is 12.1 Å². The van der Waals surface area contributed by atoms with Gasteiger partial charge in [0, 0.05) is 5.02 Å². The molecule has 1 fully saturated rings. The van der Waals surface area contributed by atoms with Crippen LogP contribution in [0.2, 0.25) is 5.02 Å². The van der Waals surface area contributed by atoms with Crippen molar-refractivity contribution in [3.63, 3.8) is 0 Å². The van der Waals surface area contributed by atoms with Crippen molar-refractivity contribution in [2.24, 2.45) is 17.1 Å². The Bertz CT molecular complexity index is 485. The first-order valence-electron chi connectivity index (χ1n) is 6.03. The highest BCUT2D eigenvalue weighted by atomic mass is 35.5. The smallest absolute Gasteiger partial charge is 0.224 e. The van der Waals surface area contributed by atoms with Gasteiger partial charge in [0.15, 0.2) is 0 Å². The summed E-state index contributed by atoms with van der Waals surface area (Å²) >= 11 is 6.25. The molecule has 1 saturated carbocycles. The number of carbonyl (C=O) groups excluding carboxylic acids is 1. The summed E-state index contributed by atoms with van der Waals surface area (Å²) in [5.74, 6) is 0.273. The Morgan fingerprint density at radius 2 is 2.29 bits per heavy atom. The first-order valence-corrected chi connectivity index (χ1v) is 6.41. The number of nitrogens with two attached hydrogens (primary N) is 1. The predicted octanol–water partition coefficient (Wildman–Crippen LogP) is 2.52. The zero-order chi connectivity index (χ0) is 12.0. The fourth-order valence-corrected chi connectivity index (χ4v) is 3.51. The monoisotopic (exact) mass is 248 g/mol. The van der Waals surface area contributed by atoms with E-state index in [0.29, 0.717) is 12.3 Å². The Labute approximate surface area is 106 Å². The van der Waals surface area contributed by atoms with Crippen LogP contribution in [0.5, 0.6) is 0 Å². The molecule has 1 amide bonds. The van der Waals surface area contributed by atoms with Gasteiger partial charge in [-0.1, -0.05) is 23.7 Å². The van der Waals surface area contributed by atoms with E-state index in [9.17, 15) is 4.79 Å². The van der Waals surface area contributed by atoms with E-state index < -0.39 is 5.41 Å². The van der Waals surface area contributed by atoms with Crippen molar-refractivity contribution in [1.29, 1.82) is 0 Å². The summed E-state index contributed by atoms with van der Waals surface area (Å²) in [6.45, 7) is 0. The highest BCUT2D eigenvalue weighted by molar-refractivity contribution is 6.31. The molecule has 17 heavy (non-hydrogen) atoms. The van der Waals surface area contributed by atoms with Gasteiger partial charge in [-0.25, -0.2) is 0 Å². The average Bonchev–Trinajstić information content (AvgIpc) is 2.57. The fourth-order valence-electron chi connectivity index (χ4n) is 3.25. The quantitative estimate of drug-likeness (QED) is 0.816. The maximum absolute atomic E-state index is 11.8. The van der Waals surface area contributed by atoms with Crippen molar-refractivity contribution in [3.05, 3.63) is 40.8 Å². The van der Waals surface area contributed by atoms with Crippen molar-refractivity contribution in [1.82, 2.24) is 0 Å². The Kier molecular flexibility index (Phi) is 2.44. The van der Waals surface area contributed by atoms with Crippen molar-refractivity contribution < 1.29 is 4.79 Å². The third kappa shape index (κ3) is 1.66. The Hall–Kier alpha value is -1.02. The summed E-state index contributed by atoms with van der Waals surface area (Å²) in [7, 11) is 0. The lowest BCUT2D eigenvalue weighted by Gasteiger charge is -2.25. The topological polar surface area (TPSA) is 43.1 Å². The minimum absolute atomic E-state index is 0.201. The lowest BCUT2D eigenvalue weighted by Crippen LogP contribution is -2.37. The third-order valence-corrected chi connectivity index (χ3v) is 4.55. The van der Waals surface area contributed by atoms with Gasteiger partial charge in [0.05, 0.1) is 5.41 Å². The van der Waals surface area contributed by atoms with Crippen LogP contribution >= 0.6 is 11.6 Å². The Morgan fingerprint density at radius 1 is 1.47 bits per heavy atom. The van der Waals surface area contributed by atoms with Crippen LogP contribution < -0.4 is 5.73 Å². The molecule has 0 heterocycles. The maximum Gasteiger partial charge on any atom is 0.224 e. The van der Waals surface area contributed by atoms with E-state index >= 15 is 0 Å². The lowest BCUT2D eigenvalue weighted by atomic mass is 9.79. The number of rotatable bonds is 1. The molecule has 2 unspecified atom stereocenters. The van der Waals surface area contributed by atoms with Crippen molar-refractivity contribution >= 4 is 17.5 Å². The minimum Gasteiger partial charge on any atom is -0.369 e. The van der Waals surface area contributed by atoms with Crippen LogP contribution in [0.15, 0.2) is 18.2 Å². The first-order chi connectivity index (χ1) is 8.11. The molecule has 0 aliphatic heterocycles. The van der Waals surface area contributed by atoms with E-state index in [0.717, 1.165) is 29.8 Å². The van der Waals surface area contributed by atoms with Crippen molar-refractivity contribution in [2.45, 2.75) is 25.7 Å². The van der Waals surface area contributed by atoms with E-state index in [4.69, 9.17) is 17.3 Å². The van der Waals surface area contributed by atoms with Gasteiger partial charge in [-0.2, -0.15) is 0 Å². The van der Waals surface area contributed by atoms with Gasteiger partial charge < -0.3 is 5.73 Å². The third-order valence-electron chi connectivity index (χ3n) is 4.20. The zero-order valence-electron chi connectivity index (χ0n) is 9.58. The highest BCUT2D eigenvalue weighted by Gasteiger charge is 2.46. The van der Waals surface area contributed by atoms with E-state index in [2.05, 4.69) is 12.5 Å². The summed E-state index contributed by atoms with van der Waals surface area (Å²) in [6, 6.07) is 6.00. The van der Waals surface area contributed by atoms with Gasteiger partial charge >= 0.3 is 0 Å². The molecule has 2 nitrogen and oxygen atoms in total. The van der Waals surface area contributed by atoms with Crippen LogP contribution in [0.1, 0.15) is 24.0 Å². The number of fused-ring (bicyclic) bond motifs is 3. The maximum atomic E-state index is 11.8. The number of carbonyl (C=O) groups is 1. The first kappa shape index (κ1) is 11.1. The van der Waals surface area contributed by atoms with Crippen LogP contribution in [0.4, 0.5) is 0 Å². The second-order valence-electron chi connectivity index (χ2n) is 5.24. The van der Waals surface area contributed by atoms with E-state index in [1.54, 1.807) is 0 Å². The molecule has 1 aromatic rings. The van der Waals surface area contributed by atoms with Crippen LogP contribution in [0.3, 0.4) is 0 Å². The molecule has 2 bridgehead atoms. The van der Waals surface area contributed by atoms with Crippen LogP contribution in [0.25, 0.3) is 0 Å². The molecule has 3 heteroatoms. The Balaban J connectivity index is 2.10. The van der Waals surface area contributed by atoms with Gasteiger partial charge in [-0.05, 0) is 55.2 Å². The molecule has 0 saturated heterocycles. The zero-order valence-corrected chi connectivity index (χ0v) is 10.3. The molecule has 2 N–H and O–H groups in total. The summed E-state index contributed by atoms with van der Waals surface area (Å²) in [4.78, 5) is 11.8. The second kappa shape index (κ2) is 3.74.